The zero-order valence-corrected chi connectivity index (χ0v) is 19.4. The van der Waals surface area contributed by atoms with Gasteiger partial charge in [-0.2, -0.15) is 5.10 Å². The van der Waals surface area contributed by atoms with Crippen LogP contribution in [-0.2, 0) is 4.79 Å². The van der Waals surface area contributed by atoms with Gasteiger partial charge in [0, 0.05) is 28.6 Å². The van der Waals surface area contributed by atoms with Crippen molar-refractivity contribution in [1.29, 1.82) is 0 Å². The van der Waals surface area contributed by atoms with Crippen molar-refractivity contribution in [2.24, 2.45) is 0 Å². The highest BCUT2D eigenvalue weighted by molar-refractivity contribution is 6.03. The van der Waals surface area contributed by atoms with Crippen molar-refractivity contribution in [3.63, 3.8) is 0 Å². The van der Waals surface area contributed by atoms with Gasteiger partial charge in [0.25, 0.3) is 5.91 Å². The molecule has 3 heterocycles. The number of nitrogens with two attached hydrogens (primary N) is 1. The van der Waals surface area contributed by atoms with Gasteiger partial charge in [0.15, 0.2) is 23.2 Å². The molecule has 0 unspecified atom stereocenters. The van der Waals surface area contributed by atoms with Crippen molar-refractivity contribution in [1.82, 2.24) is 24.6 Å². The molecule has 0 saturated carbocycles. The lowest BCUT2D eigenvalue weighted by atomic mass is 9.97. The Bertz CT molecular complexity index is 1650. The molecule has 3 aromatic heterocycles. The van der Waals surface area contributed by atoms with Crippen LogP contribution >= 0.6 is 0 Å². The van der Waals surface area contributed by atoms with Crippen molar-refractivity contribution in [2.75, 3.05) is 11.1 Å². The van der Waals surface area contributed by atoms with Crippen LogP contribution in [0.25, 0.3) is 27.8 Å². The standard InChI is InChI=1S/C26H19F2N7O2/c1-14(2)25(36)34-18-6-3-15(4-7-18)19-12-35-23(24(29)32-13-33-35)22(19)16-5-8-21(20(28)9-16)37-26-30-10-17(27)11-31-26/h3-13H,1H2,2H3,(H,34,36)(H2,29,32,33). The molecule has 37 heavy (non-hydrogen) atoms. The van der Waals surface area contributed by atoms with E-state index in [2.05, 4.69) is 31.9 Å². The first-order valence-electron chi connectivity index (χ1n) is 10.9. The number of amides is 1. The molecule has 0 fully saturated rings. The first kappa shape index (κ1) is 23.5. The maximum atomic E-state index is 15.1. The molecular weight excluding hydrogens is 480 g/mol. The highest BCUT2D eigenvalue weighted by Gasteiger charge is 2.20. The summed E-state index contributed by atoms with van der Waals surface area (Å²) in [5.74, 6) is -1.54. The van der Waals surface area contributed by atoms with Gasteiger partial charge in [0.05, 0.1) is 12.4 Å². The van der Waals surface area contributed by atoms with Crippen LogP contribution < -0.4 is 15.8 Å². The van der Waals surface area contributed by atoms with Gasteiger partial charge in [-0.05, 0) is 42.3 Å². The fourth-order valence-electron chi connectivity index (χ4n) is 3.71. The van der Waals surface area contributed by atoms with E-state index in [4.69, 9.17) is 10.5 Å². The van der Waals surface area contributed by atoms with Crippen LogP contribution in [0.15, 0.2) is 79.5 Å². The van der Waals surface area contributed by atoms with Gasteiger partial charge in [0.2, 0.25) is 0 Å². The molecule has 5 rings (SSSR count). The highest BCUT2D eigenvalue weighted by Crippen LogP contribution is 2.40. The van der Waals surface area contributed by atoms with Gasteiger partial charge >= 0.3 is 6.01 Å². The van der Waals surface area contributed by atoms with E-state index in [-0.39, 0.29) is 23.5 Å². The number of hydrogen-bond donors (Lipinski definition) is 2. The van der Waals surface area contributed by atoms with Crippen LogP contribution in [0.2, 0.25) is 0 Å². The van der Waals surface area contributed by atoms with Gasteiger partial charge in [-0.3, -0.25) is 4.79 Å². The Morgan fingerprint density at radius 3 is 2.43 bits per heavy atom. The molecule has 3 N–H and O–H groups in total. The van der Waals surface area contributed by atoms with Crippen molar-refractivity contribution in [2.45, 2.75) is 6.92 Å². The summed E-state index contributed by atoms with van der Waals surface area (Å²) in [5.41, 5.74) is 10.2. The van der Waals surface area contributed by atoms with Crippen molar-refractivity contribution >= 4 is 22.9 Å². The molecule has 0 aliphatic carbocycles. The lowest BCUT2D eigenvalue weighted by Gasteiger charge is -2.10. The first-order chi connectivity index (χ1) is 17.8. The van der Waals surface area contributed by atoms with Gasteiger partial charge in [-0.15, -0.1) is 0 Å². The number of carbonyl (C=O) groups is 1. The number of ether oxygens (including phenoxy) is 1. The molecule has 0 aliphatic heterocycles. The summed E-state index contributed by atoms with van der Waals surface area (Å²) < 4.78 is 35.1. The van der Waals surface area contributed by atoms with Gasteiger partial charge < -0.3 is 15.8 Å². The summed E-state index contributed by atoms with van der Waals surface area (Å²) in [7, 11) is 0. The molecule has 2 aromatic carbocycles. The number of halogens is 2. The van der Waals surface area contributed by atoms with Crippen molar-refractivity contribution < 1.29 is 18.3 Å². The quantitative estimate of drug-likeness (QED) is 0.315. The normalized spacial score (nSPS) is 10.9. The van der Waals surface area contributed by atoms with E-state index in [0.29, 0.717) is 33.5 Å². The molecule has 0 bridgehead atoms. The second-order valence-electron chi connectivity index (χ2n) is 8.10. The third-order valence-corrected chi connectivity index (χ3v) is 5.46. The summed E-state index contributed by atoms with van der Waals surface area (Å²) in [4.78, 5) is 23.4. The van der Waals surface area contributed by atoms with Crippen LogP contribution in [0, 0.1) is 11.6 Å². The molecular formula is C26H19F2N7O2. The number of nitrogens with zero attached hydrogens (tertiary/aromatic N) is 5. The fraction of sp³-hybridized carbons (Fsp3) is 0.0385. The minimum atomic E-state index is -0.691. The summed E-state index contributed by atoms with van der Waals surface area (Å²) >= 11 is 0. The maximum Gasteiger partial charge on any atom is 0.322 e. The van der Waals surface area contributed by atoms with E-state index in [9.17, 15) is 9.18 Å². The number of rotatable bonds is 6. The minimum Gasteiger partial charge on any atom is -0.421 e. The van der Waals surface area contributed by atoms with Crippen LogP contribution in [0.4, 0.5) is 20.3 Å². The second-order valence-corrected chi connectivity index (χ2v) is 8.10. The van der Waals surface area contributed by atoms with E-state index in [1.54, 1.807) is 35.8 Å². The zero-order valence-electron chi connectivity index (χ0n) is 19.4. The Kier molecular flexibility index (Phi) is 6.02. The summed E-state index contributed by atoms with van der Waals surface area (Å²) in [6.45, 7) is 5.25. The Balaban J connectivity index is 1.56. The number of nitrogens with one attached hydrogen (secondary N) is 1. The molecule has 0 atom stereocenters. The average molecular weight is 499 g/mol. The summed E-state index contributed by atoms with van der Waals surface area (Å²) in [5, 5.41) is 7.01. The Labute approximate surface area is 209 Å². The first-order valence-corrected chi connectivity index (χ1v) is 10.9. The SMILES string of the molecule is C=C(C)C(=O)Nc1ccc(-c2cn3ncnc(N)c3c2-c2ccc(Oc3ncc(F)cn3)c(F)c2)cc1. The Morgan fingerprint density at radius 1 is 1.05 bits per heavy atom. The van der Waals surface area contributed by atoms with Crippen LogP contribution in [0.3, 0.4) is 0 Å². The second kappa shape index (κ2) is 9.46. The topological polar surface area (TPSA) is 120 Å². The number of anilines is 2. The predicted octanol–water partition coefficient (Wildman–Crippen LogP) is 5.02. The molecule has 5 aromatic rings. The summed E-state index contributed by atoms with van der Waals surface area (Å²) in [6.07, 6.45) is 4.93. The number of nitrogen functional groups attached to an aromatic ring is 1. The largest absolute Gasteiger partial charge is 0.421 e. The highest BCUT2D eigenvalue weighted by atomic mass is 19.1. The van der Waals surface area contributed by atoms with Gasteiger partial charge in [0.1, 0.15) is 11.8 Å². The molecule has 1 amide bonds. The molecule has 0 radical (unpaired) electrons. The average Bonchev–Trinajstić information content (AvgIpc) is 3.28. The monoisotopic (exact) mass is 499 g/mol. The number of hydrogen-bond acceptors (Lipinski definition) is 7. The van der Waals surface area contributed by atoms with E-state index >= 15 is 4.39 Å². The van der Waals surface area contributed by atoms with Crippen LogP contribution in [0.1, 0.15) is 6.92 Å². The third-order valence-electron chi connectivity index (χ3n) is 5.46. The number of fused-ring (bicyclic) bond motifs is 1. The lowest BCUT2D eigenvalue weighted by molar-refractivity contribution is -0.112. The zero-order chi connectivity index (χ0) is 26.1. The number of benzene rings is 2. The summed E-state index contributed by atoms with van der Waals surface area (Å²) in [6, 6.07) is 11.3. The maximum absolute atomic E-state index is 15.1. The smallest absolute Gasteiger partial charge is 0.322 e. The Morgan fingerprint density at radius 2 is 1.76 bits per heavy atom. The van der Waals surface area contributed by atoms with E-state index < -0.39 is 11.6 Å². The van der Waals surface area contributed by atoms with E-state index in [1.807, 2.05) is 12.1 Å². The number of carbonyl (C=O) groups excluding carboxylic acids is 1. The number of aromatic nitrogens is 5. The van der Waals surface area contributed by atoms with Crippen molar-refractivity contribution in [3.8, 4) is 34.0 Å². The van der Waals surface area contributed by atoms with Crippen LogP contribution in [-0.4, -0.2) is 30.5 Å². The molecule has 0 aliphatic rings. The molecule has 9 nitrogen and oxygen atoms in total. The molecule has 0 spiro atoms. The molecule has 11 heteroatoms. The van der Waals surface area contributed by atoms with E-state index in [0.717, 1.165) is 18.0 Å². The van der Waals surface area contributed by atoms with E-state index in [1.165, 1.54) is 18.5 Å². The van der Waals surface area contributed by atoms with Gasteiger partial charge in [-0.1, -0.05) is 24.8 Å². The predicted molar refractivity (Wildman–Crippen MR) is 134 cm³/mol. The van der Waals surface area contributed by atoms with Crippen molar-refractivity contribution in [3.05, 3.63) is 91.2 Å². The molecule has 184 valence electrons. The third kappa shape index (κ3) is 4.69. The fourth-order valence-corrected chi connectivity index (χ4v) is 3.71. The minimum absolute atomic E-state index is 0.137. The van der Waals surface area contributed by atoms with Gasteiger partial charge in [-0.25, -0.2) is 28.2 Å². The lowest BCUT2D eigenvalue weighted by Crippen LogP contribution is -2.11. The van der Waals surface area contributed by atoms with Crippen LogP contribution in [0.5, 0.6) is 11.8 Å². The molecule has 0 saturated heterocycles. The Hall–Kier alpha value is -5.19.